The van der Waals surface area contributed by atoms with Gasteiger partial charge in [-0.2, -0.15) is 0 Å². The summed E-state index contributed by atoms with van der Waals surface area (Å²) in [6.07, 6.45) is 1.23. The van der Waals surface area contributed by atoms with Gasteiger partial charge >= 0.3 is 0 Å². The lowest BCUT2D eigenvalue weighted by Gasteiger charge is -2.20. The maximum atomic E-state index is 12.2. The second-order valence-corrected chi connectivity index (χ2v) is 7.78. The number of carbonyl (C=O) groups excluding carboxylic acids is 1. The zero-order valence-corrected chi connectivity index (χ0v) is 17.0. The van der Waals surface area contributed by atoms with E-state index in [0.717, 1.165) is 18.6 Å². The summed E-state index contributed by atoms with van der Waals surface area (Å²) in [7, 11) is 1.66. The zero-order valence-electron chi connectivity index (χ0n) is 17.0. The van der Waals surface area contributed by atoms with Crippen molar-refractivity contribution in [2.45, 2.75) is 52.1 Å². The molecule has 0 saturated carbocycles. The molecule has 2 aromatic rings. The number of aryl methyl sites for hydroxylation is 1. The Labute approximate surface area is 162 Å². The highest BCUT2D eigenvalue weighted by Gasteiger charge is 2.16. The van der Waals surface area contributed by atoms with E-state index >= 15 is 0 Å². The zero-order chi connectivity index (χ0) is 19.9. The minimum Gasteiger partial charge on any atom is -0.497 e. The van der Waals surface area contributed by atoms with Crippen LogP contribution in [0.25, 0.3) is 0 Å². The van der Waals surface area contributed by atoms with Gasteiger partial charge in [0, 0.05) is 6.54 Å². The molecule has 0 saturated heterocycles. The van der Waals surface area contributed by atoms with Crippen molar-refractivity contribution in [3.8, 4) is 11.5 Å². The summed E-state index contributed by atoms with van der Waals surface area (Å²) in [5, 5.41) is 2.94. The third-order valence-corrected chi connectivity index (χ3v) is 4.48. The van der Waals surface area contributed by atoms with Crippen LogP contribution in [0.1, 0.15) is 45.2 Å². The number of amides is 1. The number of benzene rings is 2. The largest absolute Gasteiger partial charge is 0.497 e. The Morgan fingerprint density at radius 3 is 2.41 bits per heavy atom. The van der Waals surface area contributed by atoms with Crippen LogP contribution in [0.5, 0.6) is 11.5 Å². The second kappa shape index (κ2) is 9.45. The van der Waals surface area contributed by atoms with Crippen molar-refractivity contribution in [2.24, 2.45) is 0 Å². The molecule has 0 aliphatic heterocycles. The standard InChI is InChI=1S/C23H31NO3/c1-17(27-20-13-11-19(12-14-20)23(2,3)4)22(25)24-15-7-9-18-8-6-10-21(16-18)26-5/h6,8,10-14,16-17H,7,9,15H2,1-5H3,(H,24,25). The van der Waals surface area contributed by atoms with E-state index in [9.17, 15) is 4.79 Å². The Kier molecular flexibility index (Phi) is 7.28. The molecule has 4 heteroatoms. The van der Waals surface area contributed by atoms with E-state index in [-0.39, 0.29) is 11.3 Å². The number of nitrogens with one attached hydrogen (secondary N) is 1. The van der Waals surface area contributed by atoms with Crippen molar-refractivity contribution in [2.75, 3.05) is 13.7 Å². The van der Waals surface area contributed by atoms with Crippen LogP contribution in [-0.4, -0.2) is 25.7 Å². The number of carbonyl (C=O) groups is 1. The molecule has 2 aromatic carbocycles. The van der Waals surface area contributed by atoms with Gasteiger partial charge in [0.15, 0.2) is 6.10 Å². The fraction of sp³-hybridized carbons (Fsp3) is 0.435. The molecule has 0 fully saturated rings. The van der Waals surface area contributed by atoms with Crippen LogP contribution in [0.4, 0.5) is 0 Å². The number of rotatable bonds is 8. The molecule has 2 rings (SSSR count). The van der Waals surface area contributed by atoms with E-state index < -0.39 is 6.10 Å². The summed E-state index contributed by atoms with van der Waals surface area (Å²) in [6, 6.07) is 15.9. The van der Waals surface area contributed by atoms with Gasteiger partial charge in [0.05, 0.1) is 7.11 Å². The Morgan fingerprint density at radius 1 is 1.07 bits per heavy atom. The molecule has 4 nitrogen and oxygen atoms in total. The molecule has 0 aliphatic rings. The Bertz CT molecular complexity index is 732. The number of hydrogen-bond donors (Lipinski definition) is 1. The molecule has 0 bridgehead atoms. The molecule has 27 heavy (non-hydrogen) atoms. The van der Waals surface area contributed by atoms with Gasteiger partial charge in [-0.15, -0.1) is 0 Å². The number of ether oxygens (including phenoxy) is 2. The molecular formula is C23H31NO3. The molecule has 0 aliphatic carbocycles. The van der Waals surface area contributed by atoms with Gasteiger partial charge in [-0.3, -0.25) is 4.79 Å². The Morgan fingerprint density at radius 2 is 1.78 bits per heavy atom. The van der Waals surface area contributed by atoms with E-state index in [1.807, 2.05) is 42.5 Å². The fourth-order valence-electron chi connectivity index (χ4n) is 2.77. The highest BCUT2D eigenvalue weighted by molar-refractivity contribution is 5.80. The molecule has 0 heterocycles. The van der Waals surface area contributed by atoms with Gasteiger partial charge in [0.25, 0.3) is 5.91 Å². The van der Waals surface area contributed by atoms with Crippen molar-refractivity contribution >= 4 is 5.91 Å². The van der Waals surface area contributed by atoms with Crippen molar-refractivity contribution in [1.82, 2.24) is 5.32 Å². The van der Waals surface area contributed by atoms with E-state index in [4.69, 9.17) is 9.47 Å². The normalized spacial score (nSPS) is 12.3. The predicted octanol–water partition coefficient (Wildman–Crippen LogP) is 4.51. The monoisotopic (exact) mass is 369 g/mol. The first-order chi connectivity index (χ1) is 12.8. The minimum absolute atomic E-state index is 0.0967. The number of methoxy groups -OCH3 is 1. The predicted molar refractivity (Wildman–Crippen MR) is 110 cm³/mol. The van der Waals surface area contributed by atoms with E-state index in [1.54, 1.807) is 14.0 Å². The van der Waals surface area contributed by atoms with Gasteiger partial charge in [0.2, 0.25) is 0 Å². The van der Waals surface area contributed by atoms with Gasteiger partial charge in [0.1, 0.15) is 11.5 Å². The van der Waals surface area contributed by atoms with Gasteiger partial charge in [-0.25, -0.2) is 0 Å². The highest BCUT2D eigenvalue weighted by Crippen LogP contribution is 2.24. The van der Waals surface area contributed by atoms with Crippen LogP contribution in [0.2, 0.25) is 0 Å². The molecular weight excluding hydrogens is 338 g/mol. The third kappa shape index (κ3) is 6.63. The lowest BCUT2D eigenvalue weighted by molar-refractivity contribution is -0.127. The van der Waals surface area contributed by atoms with Crippen LogP contribution >= 0.6 is 0 Å². The SMILES string of the molecule is COc1cccc(CCCNC(=O)C(C)Oc2ccc(C(C)(C)C)cc2)c1. The topological polar surface area (TPSA) is 47.6 Å². The second-order valence-electron chi connectivity index (χ2n) is 7.78. The summed E-state index contributed by atoms with van der Waals surface area (Å²) in [4.78, 5) is 12.2. The summed E-state index contributed by atoms with van der Waals surface area (Å²) in [6.45, 7) is 8.90. The van der Waals surface area contributed by atoms with Crippen LogP contribution < -0.4 is 14.8 Å². The molecule has 0 radical (unpaired) electrons. The summed E-state index contributed by atoms with van der Waals surface area (Å²) in [5.74, 6) is 1.47. The van der Waals surface area contributed by atoms with Crippen LogP contribution in [0, 0.1) is 0 Å². The van der Waals surface area contributed by atoms with Gasteiger partial charge in [-0.1, -0.05) is 45.0 Å². The van der Waals surface area contributed by atoms with E-state index in [1.165, 1.54) is 11.1 Å². The van der Waals surface area contributed by atoms with E-state index in [0.29, 0.717) is 12.3 Å². The number of hydrogen-bond acceptors (Lipinski definition) is 3. The first-order valence-corrected chi connectivity index (χ1v) is 9.47. The summed E-state index contributed by atoms with van der Waals surface area (Å²) >= 11 is 0. The molecule has 0 aromatic heterocycles. The molecule has 1 amide bonds. The van der Waals surface area contributed by atoms with Crippen LogP contribution in [0.15, 0.2) is 48.5 Å². The van der Waals surface area contributed by atoms with Crippen molar-refractivity contribution < 1.29 is 14.3 Å². The fourth-order valence-corrected chi connectivity index (χ4v) is 2.77. The van der Waals surface area contributed by atoms with Crippen molar-refractivity contribution in [3.63, 3.8) is 0 Å². The van der Waals surface area contributed by atoms with Crippen LogP contribution in [-0.2, 0) is 16.6 Å². The Hall–Kier alpha value is -2.49. The van der Waals surface area contributed by atoms with Crippen molar-refractivity contribution in [1.29, 1.82) is 0 Å². The first kappa shape index (κ1) is 20.8. The third-order valence-electron chi connectivity index (χ3n) is 4.48. The molecule has 1 N–H and O–H groups in total. The van der Waals surface area contributed by atoms with E-state index in [2.05, 4.69) is 32.2 Å². The van der Waals surface area contributed by atoms with Gasteiger partial charge < -0.3 is 14.8 Å². The Balaban J connectivity index is 1.75. The quantitative estimate of drug-likeness (QED) is 0.697. The summed E-state index contributed by atoms with van der Waals surface area (Å²) in [5.41, 5.74) is 2.54. The maximum absolute atomic E-state index is 12.2. The van der Waals surface area contributed by atoms with Gasteiger partial charge in [-0.05, 0) is 60.6 Å². The first-order valence-electron chi connectivity index (χ1n) is 9.47. The lowest BCUT2D eigenvalue weighted by Crippen LogP contribution is -2.36. The highest BCUT2D eigenvalue weighted by atomic mass is 16.5. The minimum atomic E-state index is -0.526. The lowest BCUT2D eigenvalue weighted by atomic mass is 9.87. The molecule has 1 unspecified atom stereocenters. The molecule has 146 valence electrons. The maximum Gasteiger partial charge on any atom is 0.260 e. The summed E-state index contributed by atoms with van der Waals surface area (Å²) < 4.78 is 11.0. The molecule has 1 atom stereocenters. The molecule has 0 spiro atoms. The van der Waals surface area contributed by atoms with Crippen LogP contribution in [0.3, 0.4) is 0 Å². The average Bonchev–Trinajstić information content (AvgIpc) is 2.65. The smallest absolute Gasteiger partial charge is 0.260 e. The van der Waals surface area contributed by atoms with Crippen molar-refractivity contribution in [3.05, 3.63) is 59.7 Å². The average molecular weight is 370 g/mol.